The average Bonchev–Trinajstić information content (AvgIpc) is 2.43. The second-order valence-electron chi connectivity index (χ2n) is 4.98. The summed E-state index contributed by atoms with van der Waals surface area (Å²) >= 11 is 0. The van der Waals surface area contributed by atoms with Crippen molar-refractivity contribution in [2.45, 2.75) is 6.04 Å². The zero-order valence-electron chi connectivity index (χ0n) is 10.9. The number of nitrogens with zero attached hydrogens (tertiary/aromatic N) is 2. The summed E-state index contributed by atoms with van der Waals surface area (Å²) in [7, 11) is 4.40. The second-order valence-corrected chi connectivity index (χ2v) is 4.98. The number of benzene rings is 1. The average molecular weight is 233 g/mol. The highest BCUT2D eigenvalue weighted by Crippen LogP contribution is 2.14. The molecule has 0 aliphatic carbocycles. The number of nitrogens with one attached hydrogen (secondary N) is 1. The first kappa shape index (κ1) is 12.6. The first-order valence-electron chi connectivity index (χ1n) is 6.41. The molecule has 1 heterocycles. The third-order valence-corrected chi connectivity index (χ3v) is 3.44. The lowest BCUT2D eigenvalue weighted by molar-refractivity contribution is 0.266. The molecule has 1 aromatic rings. The van der Waals surface area contributed by atoms with Crippen molar-refractivity contribution in [1.82, 2.24) is 15.1 Å². The molecule has 3 nitrogen and oxygen atoms in total. The van der Waals surface area contributed by atoms with Gasteiger partial charge in [0.15, 0.2) is 0 Å². The molecule has 17 heavy (non-hydrogen) atoms. The fourth-order valence-electron chi connectivity index (χ4n) is 2.26. The first-order chi connectivity index (χ1) is 8.25. The Morgan fingerprint density at radius 2 is 1.71 bits per heavy atom. The molecule has 1 aromatic carbocycles. The van der Waals surface area contributed by atoms with Crippen LogP contribution in [0.15, 0.2) is 30.3 Å². The van der Waals surface area contributed by atoms with E-state index in [-0.39, 0.29) is 0 Å². The lowest BCUT2D eigenvalue weighted by Crippen LogP contribution is -2.33. The monoisotopic (exact) mass is 233 g/mol. The van der Waals surface area contributed by atoms with E-state index in [0.717, 1.165) is 32.7 Å². The molecule has 1 atom stereocenters. The van der Waals surface area contributed by atoms with Gasteiger partial charge in [-0.05, 0) is 19.7 Å². The maximum Gasteiger partial charge on any atom is 0.0449 e. The predicted molar refractivity (Wildman–Crippen MR) is 72.2 cm³/mol. The van der Waals surface area contributed by atoms with Gasteiger partial charge in [0.2, 0.25) is 0 Å². The van der Waals surface area contributed by atoms with Crippen molar-refractivity contribution >= 4 is 0 Å². The maximum absolute atomic E-state index is 3.66. The molecule has 1 fully saturated rings. The lowest BCUT2D eigenvalue weighted by Gasteiger charge is -2.23. The topological polar surface area (TPSA) is 18.5 Å². The normalized spacial score (nSPS) is 24.9. The summed E-state index contributed by atoms with van der Waals surface area (Å²) in [4.78, 5) is 4.80. The van der Waals surface area contributed by atoms with Gasteiger partial charge in [0.05, 0.1) is 0 Å². The summed E-state index contributed by atoms with van der Waals surface area (Å²) in [5.74, 6) is 0. The number of rotatable bonds is 1. The van der Waals surface area contributed by atoms with Gasteiger partial charge in [-0.2, -0.15) is 0 Å². The zero-order valence-corrected chi connectivity index (χ0v) is 10.9. The van der Waals surface area contributed by atoms with E-state index in [4.69, 9.17) is 0 Å². The van der Waals surface area contributed by atoms with Gasteiger partial charge in [0.25, 0.3) is 0 Å². The highest BCUT2D eigenvalue weighted by molar-refractivity contribution is 5.19. The largest absolute Gasteiger partial charge is 0.308 e. The molecule has 0 saturated carbocycles. The molecule has 1 aliphatic heterocycles. The Morgan fingerprint density at radius 3 is 2.47 bits per heavy atom. The summed E-state index contributed by atoms with van der Waals surface area (Å²) in [6, 6.07) is 11.2. The number of hydrogen-bond acceptors (Lipinski definition) is 3. The summed E-state index contributed by atoms with van der Waals surface area (Å²) in [5.41, 5.74) is 1.39. The minimum atomic E-state index is 0.452. The van der Waals surface area contributed by atoms with E-state index < -0.39 is 0 Å². The summed E-state index contributed by atoms with van der Waals surface area (Å²) in [6.07, 6.45) is 0. The third kappa shape index (κ3) is 3.80. The van der Waals surface area contributed by atoms with Crippen molar-refractivity contribution in [2.24, 2.45) is 0 Å². The SMILES string of the molecule is CN1CCNC(c2ccccc2)CN(C)CC1. The zero-order chi connectivity index (χ0) is 12.1. The van der Waals surface area contributed by atoms with Gasteiger partial charge >= 0.3 is 0 Å². The number of hydrogen-bond donors (Lipinski definition) is 1. The molecule has 3 heteroatoms. The van der Waals surface area contributed by atoms with Crippen molar-refractivity contribution in [3.8, 4) is 0 Å². The van der Waals surface area contributed by atoms with Crippen molar-refractivity contribution in [3.05, 3.63) is 35.9 Å². The molecule has 1 unspecified atom stereocenters. The van der Waals surface area contributed by atoms with Crippen LogP contribution in [0.4, 0.5) is 0 Å². The van der Waals surface area contributed by atoms with Crippen molar-refractivity contribution in [1.29, 1.82) is 0 Å². The highest BCUT2D eigenvalue weighted by Gasteiger charge is 2.15. The Bertz CT molecular complexity index is 325. The quantitative estimate of drug-likeness (QED) is 0.786. The highest BCUT2D eigenvalue weighted by atomic mass is 15.2. The molecule has 0 radical (unpaired) electrons. The van der Waals surface area contributed by atoms with Crippen LogP contribution in [0.3, 0.4) is 0 Å². The van der Waals surface area contributed by atoms with Crippen LogP contribution in [-0.2, 0) is 0 Å². The molecule has 94 valence electrons. The molecular weight excluding hydrogens is 210 g/mol. The van der Waals surface area contributed by atoms with Crippen LogP contribution in [0.5, 0.6) is 0 Å². The van der Waals surface area contributed by atoms with Crippen LogP contribution in [0, 0.1) is 0 Å². The van der Waals surface area contributed by atoms with Crippen LogP contribution in [0.1, 0.15) is 11.6 Å². The van der Waals surface area contributed by atoms with E-state index in [1.807, 2.05) is 0 Å². The molecule has 0 bridgehead atoms. The van der Waals surface area contributed by atoms with Gasteiger partial charge in [-0.1, -0.05) is 30.3 Å². The molecule has 0 spiro atoms. The first-order valence-corrected chi connectivity index (χ1v) is 6.41. The Hall–Kier alpha value is -0.900. The second kappa shape index (κ2) is 6.15. The molecule has 1 aliphatic rings. The van der Waals surface area contributed by atoms with E-state index >= 15 is 0 Å². The van der Waals surface area contributed by atoms with E-state index in [2.05, 4.69) is 59.5 Å². The van der Waals surface area contributed by atoms with Crippen molar-refractivity contribution < 1.29 is 0 Å². The summed E-state index contributed by atoms with van der Waals surface area (Å²) < 4.78 is 0. The minimum absolute atomic E-state index is 0.452. The molecule has 2 rings (SSSR count). The fourth-order valence-corrected chi connectivity index (χ4v) is 2.26. The van der Waals surface area contributed by atoms with E-state index in [0.29, 0.717) is 6.04 Å². The smallest absolute Gasteiger partial charge is 0.0449 e. The summed E-state index contributed by atoms with van der Waals surface area (Å²) in [5, 5.41) is 3.66. The predicted octanol–water partition coefficient (Wildman–Crippen LogP) is 1.19. The molecular formula is C14H23N3. The van der Waals surface area contributed by atoms with Crippen molar-refractivity contribution in [2.75, 3.05) is 46.8 Å². The minimum Gasteiger partial charge on any atom is -0.308 e. The third-order valence-electron chi connectivity index (χ3n) is 3.44. The van der Waals surface area contributed by atoms with E-state index in [1.165, 1.54) is 5.56 Å². The van der Waals surface area contributed by atoms with Crippen molar-refractivity contribution in [3.63, 3.8) is 0 Å². The number of likely N-dealkylation sites (N-methyl/N-ethyl adjacent to an activating group) is 2. The summed E-state index contributed by atoms with van der Waals surface area (Å²) in [6.45, 7) is 5.56. The van der Waals surface area contributed by atoms with Crippen LogP contribution in [0.2, 0.25) is 0 Å². The van der Waals surface area contributed by atoms with Gasteiger partial charge < -0.3 is 15.1 Å². The molecule has 1 N–H and O–H groups in total. The van der Waals surface area contributed by atoms with E-state index in [1.54, 1.807) is 0 Å². The van der Waals surface area contributed by atoms with Gasteiger partial charge in [-0.25, -0.2) is 0 Å². The van der Waals surface area contributed by atoms with Crippen LogP contribution < -0.4 is 5.32 Å². The molecule has 1 saturated heterocycles. The van der Waals surface area contributed by atoms with Gasteiger partial charge in [0, 0.05) is 38.8 Å². The van der Waals surface area contributed by atoms with Crippen LogP contribution >= 0.6 is 0 Å². The molecule has 0 amide bonds. The Kier molecular flexibility index (Phi) is 4.54. The van der Waals surface area contributed by atoms with Gasteiger partial charge in [-0.15, -0.1) is 0 Å². The van der Waals surface area contributed by atoms with Crippen LogP contribution in [0.25, 0.3) is 0 Å². The Balaban J connectivity index is 2.05. The molecule has 0 aromatic heterocycles. The maximum atomic E-state index is 3.66. The van der Waals surface area contributed by atoms with E-state index in [9.17, 15) is 0 Å². The Morgan fingerprint density at radius 1 is 1.00 bits per heavy atom. The van der Waals surface area contributed by atoms with Gasteiger partial charge in [-0.3, -0.25) is 0 Å². The standard InChI is InChI=1S/C14H23N3/c1-16-9-8-15-14(12-17(2)11-10-16)13-6-4-3-5-7-13/h3-7,14-15H,8-12H2,1-2H3. The fraction of sp³-hybridized carbons (Fsp3) is 0.571. The lowest BCUT2D eigenvalue weighted by atomic mass is 10.1. The van der Waals surface area contributed by atoms with Crippen LogP contribution in [-0.4, -0.2) is 56.6 Å². The Labute approximate surface area is 104 Å². The van der Waals surface area contributed by atoms with Gasteiger partial charge in [0.1, 0.15) is 0 Å².